The number of nitrogens with zero attached hydrogens (tertiary/aromatic N) is 1. The molecular formula is C22H27ClF3NO3. The summed E-state index contributed by atoms with van der Waals surface area (Å²) in [5.74, 6) is -1.04. The van der Waals surface area contributed by atoms with E-state index in [1.54, 1.807) is 18.3 Å². The summed E-state index contributed by atoms with van der Waals surface area (Å²) in [5, 5.41) is 9.30. The lowest BCUT2D eigenvalue weighted by Crippen LogP contribution is -2.42. The van der Waals surface area contributed by atoms with E-state index in [1.807, 2.05) is 26.8 Å². The molecule has 0 aromatic heterocycles. The van der Waals surface area contributed by atoms with Gasteiger partial charge < -0.3 is 10.0 Å². The van der Waals surface area contributed by atoms with E-state index in [-0.39, 0.29) is 44.1 Å². The quantitative estimate of drug-likeness (QED) is 0.556. The van der Waals surface area contributed by atoms with Gasteiger partial charge >= 0.3 is 12.1 Å². The Hall–Kier alpha value is -2.02. The molecule has 0 unspecified atom stereocenters. The molecule has 0 bridgehead atoms. The Kier molecular flexibility index (Phi) is 7.61. The van der Waals surface area contributed by atoms with Gasteiger partial charge in [0.2, 0.25) is 5.91 Å². The number of carbonyl (C=O) groups excluding carboxylic acids is 1. The number of hydrogen-bond acceptors (Lipinski definition) is 2. The first kappa shape index (κ1) is 24.3. The predicted molar refractivity (Wildman–Crippen MR) is 109 cm³/mol. The highest BCUT2D eigenvalue weighted by atomic mass is 35.5. The van der Waals surface area contributed by atoms with Gasteiger partial charge in [-0.2, -0.15) is 13.2 Å². The molecule has 8 heteroatoms. The highest BCUT2D eigenvalue weighted by Crippen LogP contribution is 2.43. The number of alkyl halides is 3. The van der Waals surface area contributed by atoms with E-state index in [4.69, 9.17) is 16.7 Å². The van der Waals surface area contributed by atoms with Gasteiger partial charge in [-0.1, -0.05) is 44.5 Å². The van der Waals surface area contributed by atoms with Crippen LogP contribution in [0.5, 0.6) is 0 Å². The minimum atomic E-state index is -4.19. The number of rotatable bonds is 8. The molecule has 0 saturated carbocycles. The maximum atomic E-state index is 12.7. The number of carboxylic acid groups (broad SMARTS) is 1. The van der Waals surface area contributed by atoms with Crippen LogP contribution in [-0.4, -0.2) is 34.6 Å². The molecule has 2 rings (SSSR count). The largest absolute Gasteiger partial charge is 0.481 e. The third kappa shape index (κ3) is 6.00. The molecular weight excluding hydrogens is 419 g/mol. The monoisotopic (exact) mass is 445 g/mol. The van der Waals surface area contributed by atoms with Crippen molar-refractivity contribution in [2.75, 3.05) is 6.54 Å². The number of allylic oxidation sites excluding steroid dienone is 1. The van der Waals surface area contributed by atoms with Gasteiger partial charge in [0.15, 0.2) is 0 Å². The second-order valence-electron chi connectivity index (χ2n) is 8.25. The standard InChI is InChI=1S/C22H27ClF3NO3/c1-14(2)17-13-27(10-8-20(29)30)19(28)12-21(17,3)16-7-6-15(18(23)11-16)5-4-9-22(24,25)26/h6-7,11,13-14H,4-5,8-10,12H2,1-3H3,(H,29,30)/t21-/m1/s1. The van der Waals surface area contributed by atoms with Gasteiger partial charge in [0.1, 0.15) is 0 Å². The first-order valence-corrected chi connectivity index (χ1v) is 10.3. The van der Waals surface area contributed by atoms with E-state index in [2.05, 4.69) is 0 Å². The normalized spacial score (nSPS) is 19.9. The van der Waals surface area contributed by atoms with Gasteiger partial charge in [-0.25, -0.2) is 0 Å². The van der Waals surface area contributed by atoms with Crippen molar-refractivity contribution in [3.05, 3.63) is 46.1 Å². The number of amides is 1. The lowest BCUT2D eigenvalue weighted by Gasteiger charge is -2.41. The summed E-state index contributed by atoms with van der Waals surface area (Å²) in [6, 6.07) is 5.30. The predicted octanol–water partition coefficient (Wildman–Crippen LogP) is 5.73. The van der Waals surface area contributed by atoms with Gasteiger partial charge in [-0.15, -0.1) is 0 Å². The summed E-state index contributed by atoms with van der Waals surface area (Å²) in [6.45, 7) is 6.06. The van der Waals surface area contributed by atoms with E-state index in [1.165, 1.54) is 4.90 Å². The van der Waals surface area contributed by atoms with Crippen molar-refractivity contribution in [1.82, 2.24) is 4.90 Å². The number of aliphatic carboxylic acids is 1. The van der Waals surface area contributed by atoms with Crippen LogP contribution < -0.4 is 0 Å². The Balaban J connectivity index is 2.29. The van der Waals surface area contributed by atoms with Gasteiger partial charge in [-0.05, 0) is 41.5 Å². The SMILES string of the molecule is CC(C)C1=CN(CCC(=O)O)C(=O)C[C@]1(C)c1ccc(CCCC(F)(F)F)c(Cl)c1. The molecule has 30 heavy (non-hydrogen) atoms. The zero-order valence-electron chi connectivity index (χ0n) is 17.4. The summed E-state index contributed by atoms with van der Waals surface area (Å²) >= 11 is 6.38. The van der Waals surface area contributed by atoms with Crippen LogP contribution in [-0.2, 0) is 21.4 Å². The van der Waals surface area contributed by atoms with Crippen molar-refractivity contribution in [3.63, 3.8) is 0 Å². The zero-order chi connectivity index (χ0) is 22.7. The van der Waals surface area contributed by atoms with Crippen LogP contribution in [0.4, 0.5) is 13.2 Å². The second kappa shape index (κ2) is 9.41. The second-order valence-corrected chi connectivity index (χ2v) is 8.66. The summed E-state index contributed by atoms with van der Waals surface area (Å²) < 4.78 is 37.2. The molecule has 0 aliphatic carbocycles. The zero-order valence-corrected chi connectivity index (χ0v) is 18.1. The van der Waals surface area contributed by atoms with Crippen LogP contribution in [0.15, 0.2) is 30.0 Å². The molecule has 1 N–H and O–H groups in total. The highest BCUT2D eigenvalue weighted by molar-refractivity contribution is 6.31. The first-order valence-electron chi connectivity index (χ1n) is 9.92. The molecule has 1 aliphatic heterocycles. The Morgan fingerprint density at radius 3 is 2.53 bits per heavy atom. The number of halogens is 4. The lowest BCUT2D eigenvalue weighted by atomic mass is 9.68. The molecule has 1 aromatic carbocycles. The number of hydrogen-bond donors (Lipinski definition) is 1. The maximum Gasteiger partial charge on any atom is 0.389 e. The Labute approximate surface area is 179 Å². The average molecular weight is 446 g/mol. The van der Waals surface area contributed by atoms with Crippen LogP contribution in [0, 0.1) is 5.92 Å². The molecule has 166 valence electrons. The maximum absolute atomic E-state index is 12.7. The third-order valence-electron chi connectivity index (χ3n) is 5.54. The molecule has 0 fully saturated rings. The van der Waals surface area contributed by atoms with Gasteiger partial charge in [0, 0.05) is 36.0 Å². The molecule has 0 spiro atoms. The smallest absolute Gasteiger partial charge is 0.389 e. The molecule has 4 nitrogen and oxygen atoms in total. The Morgan fingerprint density at radius 1 is 1.33 bits per heavy atom. The van der Waals surface area contributed by atoms with Crippen molar-refractivity contribution in [3.8, 4) is 0 Å². The molecule has 1 amide bonds. The lowest BCUT2D eigenvalue weighted by molar-refractivity contribution is -0.138. The molecule has 0 radical (unpaired) electrons. The van der Waals surface area contributed by atoms with Crippen molar-refractivity contribution in [1.29, 1.82) is 0 Å². The molecule has 1 atom stereocenters. The van der Waals surface area contributed by atoms with Crippen LogP contribution in [0.2, 0.25) is 5.02 Å². The van der Waals surface area contributed by atoms with E-state index in [0.717, 1.165) is 11.1 Å². The van der Waals surface area contributed by atoms with Crippen molar-refractivity contribution < 1.29 is 27.9 Å². The van der Waals surface area contributed by atoms with E-state index in [0.29, 0.717) is 10.6 Å². The molecule has 1 heterocycles. The van der Waals surface area contributed by atoms with Crippen molar-refractivity contribution in [2.45, 2.75) is 64.5 Å². The topological polar surface area (TPSA) is 57.6 Å². The Morgan fingerprint density at radius 2 is 2.00 bits per heavy atom. The van der Waals surface area contributed by atoms with E-state index < -0.39 is 24.0 Å². The minimum absolute atomic E-state index is 0.0337. The van der Waals surface area contributed by atoms with Crippen LogP contribution in [0.1, 0.15) is 57.6 Å². The summed E-state index contributed by atoms with van der Waals surface area (Å²) in [4.78, 5) is 25.0. The minimum Gasteiger partial charge on any atom is -0.481 e. The summed E-state index contributed by atoms with van der Waals surface area (Å²) in [6.07, 6.45) is -3.08. The van der Waals surface area contributed by atoms with E-state index >= 15 is 0 Å². The van der Waals surface area contributed by atoms with E-state index in [9.17, 15) is 22.8 Å². The number of carboxylic acids is 1. The highest BCUT2D eigenvalue weighted by Gasteiger charge is 2.40. The van der Waals surface area contributed by atoms with Gasteiger partial charge in [0.25, 0.3) is 0 Å². The number of carbonyl (C=O) groups is 2. The van der Waals surface area contributed by atoms with Gasteiger partial charge in [-0.3, -0.25) is 9.59 Å². The van der Waals surface area contributed by atoms with Gasteiger partial charge in [0.05, 0.1) is 6.42 Å². The Bertz CT molecular complexity index is 835. The van der Waals surface area contributed by atoms with Crippen molar-refractivity contribution in [2.24, 2.45) is 5.92 Å². The van der Waals surface area contributed by atoms with Crippen LogP contribution >= 0.6 is 11.6 Å². The molecule has 1 aromatic rings. The summed E-state index contributed by atoms with van der Waals surface area (Å²) in [5.41, 5.74) is 1.82. The van der Waals surface area contributed by atoms with Crippen molar-refractivity contribution >= 4 is 23.5 Å². The number of aryl methyl sites for hydroxylation is 1. The third-order valence-corrected chi connectivity index (χ3v) is 5.89. The van der Waals surface area contributed by atoms with Crippen LogP contribution in [0.25, 0.3) is 0 Å². The average Bonchev–Trinajstić information content (AvgIpc) is 2.60. The fourth-order valence-corrected chi connectivity index (χ4v) is 4.20. The fraction of sp³-hybridized carbons (Fsp3) is 0.545. The summed E-state index contributed by atoms with van der Waals surface area (Å²) in [7, 11) is 0. The fourth-order valence-electron chi connectivity index (χ4n) is 3.92. The van der Waals surface area contributed by atoms with Crippen LogP contribution in [0.3, 0.4) is 0 Å². The number of benzene rings is 1. The first-order chi connectivity index (χ1) is 13.8. The molecule has 0 saturated heterocycles. The molecule has 1 aliphatic rings.